The first-order valence-electron chi connectivity index (χ1n) is 9.22. The van der Waals surface area contributed by atoms with E-state index in [1.165, 1.54) is 12.1 Å². The SMILES string of the molecule is Cc1ccc2oc3c(c(=O)c2c1)[C@@H](c1ccc(O)cc1)N(Cc1ccco1)C3=O. The zero-order valence-electron chi connectivity index (χ0n) is 15.6. The van der Waals surface area contributed by atoms with Gasteiger partial charge in [0.25, 0.3) is 5.91 Å². The molecule has 1 aliphatic heterocycles. The summed E-state index contributed by atoms with van der Waals surface area (Å²) in [7, 11) is 0. The predicted octanol–water partition coefficient (Wildman–Crippen LogP) is 4.15. The fraction of sp³-hybridized carbons (Fsp3) is 0.130. The maximum atomic E-state index is 13.4. The Morgan fingerprint density at radius 2 is 1.86 bits per heavy atom. The third kappa shape index (κ3) is 2.72. The van der Waals surface area contributed by atoms with E-state index in [0.29, 0.717) is 27.9 Å². The van der Waals surface area contributed by atoms with Crippen molar-refractivity contribution < 1.29 is 18.7 Å². The Kier molecular flexibility index (Phi) is 3.81. The zero-order valence-corrected chi connectivity index (χ0v) is 15.6. The van der Waals surface area contributed by atoms with Gasteiger partial charge in [-0.1, -0.05) is 23.8 Å². The highest BCUT2D eigenvalue weighted by atomic mass is 16.4. The summed E-state index contributed by atoms with van der Waals surface area (Å²) < 4.78 is 11.3. The van der Waals surface area contributed by atoms with Crippen molar-refractivity contribution in [2.75, 3.05) is 0 Å². The smallest absolute Gasteiger partial charge is 0.291 e. The molecule has 2 aromatic heterocycles. The van der Waals surface area contributed by atoms with E-state index < -0.39 is 6.04 Å². The van der Waals surface area contributed by atoms with E-state index >= 15 is 0 Å². The highest BCUT2D eigenvalue weighted by Gasteiger charge is 2.43. The van der Waals surface area contributed by atoms with Gasteiger partial charge in [0, 0.05) is 0 Å². The van der Waals surface area contributed by atoms with Crippen LogP contribution in [0, 0.1) is 6.92 Å². The summed E-state index contributed by atoms with van der Waals surface area (Å²) >= 11 is 0. The van der Waals surface area contributed by atoms with Crippen molar-refractivity contribution in [3.8, 4) is 5.75 Å². The van der Waals surface area contributed by atoms with Crippen molar-refractivity contribution in [1.29, 1.82) is 0 Å². The van der Waals surface area contributed by atoms with Crippen LogP contribution in [-0.2, 0) is 6.54 Å². The van der Waals surface area contributed by atoms with Gasteiger partial charge in [0.1, 0.15) is 17.1 Å². The van der Waals surface area contributed by atoms with Crippen LogP contribution in [0.2, 0.25) is 0 Å². The number of hydrogen-bond donors (Lipinski definition) is 1. The van der Waals surface area contributed by atoms with Gasteiger partial charge in [0.2, 0.25) is 5.76 Å². The molecular formula is C23H17NO5. The molecule has 1 N–H and O–H groups in total. The molecule has 1 atom stereocenters. The Bertz CT molecular complexity index is 1290. The van der Waals surface area contributed by atoms with Crippen molar-refractivity contribution in [2.24, 2.45) is 0 Å². The number of carbonyl (C=O) groups excluding carboxylic acids is 1. The van der Waals surface area contributed by atoms with Crippen LogP contribution in [0.3, 0.4) is 0 Å². The van der Waals surface area contributed by atoms with Crippen molar-refractivity contribution in [3.05, 3.63) is 99.3 Å². The maximum Gasteiger partial charge on any atom is 0.291 e. The molecule has 0 unspecified atom stereocenters. The predicted molar refractivity (Wildman–Crippen MR) is 106 cm³/mol. The number of phenols is 1. The average Bonchev–Trinajstić information content (AvgIpc) is 3.32. The van der Waals surface area contributed by atoms with Gasteiger partial charge in [-0.3, -0.25) is 9.59 Å². The molecule has 4 aromatic rings. The minimum atomic E-state index is -0.635. The molecule has 6 heteroatoms. The number of aryl methyl sites for hydroxylation is 1. The first-order chi connectivity index (χ1) is 14.0. The lowest BCUT2D eigenvalue weighted by molar-refractivity contribution is 0.0701. The van der Waals surface area contributed by atoms with Crippen molar-refractivity contribution in [2.45, 2.75) is 19.5 Å². The van der Waals surface area contributed by atoms with Crippen LogP contribution in [0.5, 0.6) is 5.75 Å². The van der Waals surface area contributed by atoms with Gasteiger partial charge < -0.3 is 18.8 Å². The molecular weight excluding hydrogens is 370 g/mol. The molecule has 0 saturated heterocycles. The standard InChI is InChI=1S/C23H17NO5/c1-13-4-9-18-17(11-13)21(26)19-20(14-5-7-15(25)8-6-14)24(23(27)22(19)29-18)12-16-3-2-10-28-16/h2-11,20,25H,12H2,1H3/t20-/m1/s1. The molecule has 2 aromatic carbocycles. The van der Waals surface area contributed by atoms with E-state index in [2.05, 4.69) is 0 Å². The molecule has 0 bridgehead atoms. The molecule has 0 aliphatic carbocycles. The molecule has 0 spiro atoms. The number of hydrogen-bond acceptors (Lipinski definition) is 5. The van der Waals surface area contributed by atoms with E-state index in [1.807, 2.05) is 13.0 Å². The van der Waals surface area contributed by atoms with E-state index in [1.54, 1.807) is 47.6 Å². The lowest BCUT2D eigenvalue weighted by atomic mass is 9.98. The summed E-state index contributed by atoms with van der Waals surface area (Å²) in [6.07, 6.45) is 1.54. The largest absolute Gasteiger partial charge is 0.508 e. The van der Waals surface area contributed by atoms with Crippen LogP contribution in [0.25, 0.3) is 11.0 Å². The van der Waals surface area contributed by atoms with Gasteiger partial charge in [0.05, 0.1) is 29.8 Å². The molecule has 6 nitrogen and oxygen atoms in total. The number of rotatable bonds is 3. The van der Waals surface area contributed by atoms with Gasteiger partial charge in [-0.15, -0.1) is 0 Å². The summed E-state index contributed by atoms with van der Waals surface area (Å²) in [6.45, 7) is 2.09. The molecule has 0 fully saturated rings. The number of benzene rings is 2. The summed E-state index contributed by atoms with van der Waals surface area (Å²) in [5, 5.41) is 10.1. The van der Waals surface area contributed by atoms with E-state index in [0.717, 1.165) is 5.56 Å². The Labute approximate surface area is 165 Å². The van der Waals surface area contributed by atoms with Crippen LogP contribution in [0.1, 0.15) is 39.0 Å². The van der Waals surface area contributed by atoms with Gasteiger partial charge in [-0.05, 0) is 48.9 Å². The molecule has 0 radical (unpaired) electrons. The molecule has 1 amide bonds. The number of furan rings is 1. The van der Waals surface area contributed by atoms with Crippen LogP contribution in [-0.4, -0.2) is 15.9 Å². The summed E-state index contributed by atoms with van der Waals surface area (Å²) in [5.74, 6) is 0.393. The molecule has 1 aliphatic rings. The second-order valence-electron chi connectivity index (χ2n) is 7.18. The molecule has 144 valence electrons. The fourth-order valence-electron chi connectivity index (χ4n) is 3.87. The summed E-state index contributed by atoms with van der Waals surface area (Å²) in [6, 6.07) is 14.7. The van der Waals surface area contributed by atoms with E-state index in [9.17, 15) is 14.7 Å². The zero-order chi connectivity index (χ0) is 20.1. The summed E-state index contributed by atoms with van der Waals surface area (Å²) in [5.41, 5.74) is 2.11. The van der Waals surface area contributed by atoms with Crippen LogP contribution < -0.4 is 5.43 Å². The molecule has 5 rings (SSSR count). The third-order valence-electron chi connectivity index (χ3n) is 5.24. The topological polar surface area (TPSA) is 83.9 Å². The summed E-state index contributed by atoms with van der Waals surface area (Å²) in [4.78, 5) is 28.2. The lowest BCUT2D eigenvalue weighted by Crippen LogP contribution is -2.29. The first-order valence-corrected chi connectivity index (χ1v) is 9.22. The molecule has 29 heavy (non-hydrogen) atoms. The Morgan fingerprint density at radius 3 is 2.59 bits per heavy atom. The van der Waals surface area contributed by atoms with Crippen LogP contribution in [0.15, 0.2) is 74.5 Å². The monoisotopic (exact) mass is 387 g/mol. The fourth-order valence-corrected chi connectivity index (χ4v) is 3.87. The maximum absolute atomic E-state index is 13.4. The minimum absolute atomic E-state index is 0.0518. The number of carbonyl (C=O) groups is 1. The van der Waals surface area contributed by atoms with Gasteiger partial charge in [-0.25, -0.2) is 0 Å². The number of aromatic hydroxyl groups is 1. The molecule has 0 saturated carbocycles. The average molecular weight is 387 g/mol. The minimum Gasteiger partial charge on any atom is -0.508 e. The number of phenolic OH excluding ortho intramolecular Hbond substituents is 1. The van der Waals surface area contributed by atoms with Crippen molar-refractivity contribution in [1.82, 2.24) is 4.90 Å². The third-order valence-corrected chi connectivity index (χ3v) is 5.24. The van der Waals surface area contributed by atoms with Gasteiger partial charge >= 0.3 is 0 Å². The van der Waals surface area contributed by atoms with Crippen LogP contribution in [0.4, 0.5) is 0 Å². The number of nitrogens with zero attached hydrogens (tertiary/aromatic N) is 1. The first kappa shape index (κ1) is 17.3. The Morgan fingerprint density at radius 1 is 1.07 bits per heavy atom. The van der Waals surface area contributed by atoms with Crippen molar-refractivity contribution >= 4 is 16.9 Å². The Balaban J connectivity index is 1.75. The lowest BCUT2D eigenvalue weighted by Gasteiger charge is -2.24. The second-order valence-corrected chi connectivity index (χ2v) is 7.18. The second kappa shape index (κ2) is 6.38. The van der Waals surface area contributed by atoms with E-state index in [4.69, 9.17) is 8.83 Å². The van der Waals surface area contributed by atoms with Crippen LogP contribution >= 0.6 is 0 Å². The quantitative estimate of drug-likeness (QED) is 0.571. The molecule has 3 heterocycles. The number of fused-ring (bicyclic) bond motifs is 2. The van der Waals surface area contributed by atoms with Gasteiger partial charge in [0.15, 0.2) is 5.43 Å². The number of amides is 1. The van der Waals surface area contributed by atoms with E-state index in [-0.39, 0.29) is 29.4 Å². The highest BCUT2D eigenvalue weighted by Crippen LogP contribution is 2.39. The normalized spacial score (nSPS) is 15.8. The highest BCUT2D eigenvalue weighted by molar-refractivity contribution is 5.99. The Hall–Kier alpha value is -3.80. The van der Waals surface area contributed by atoms with Gasteiger partial charge in [-0.2, -0.15) is 0 Å². The van der Waals surface area contributed by atoms with Crippen molar-refractivity contribution in [3.63, 3.8) is 0 Å².